The summed E-state index contributed by atoms with van der Waals surface area (Å²) < 4.78 is 23.0. The molecule has 1 N–H and O–H groups in total. The third kappa shape index (κ3) is 4.43. The number of hydrogen-bond donors (Lipinski definition) is 1. The van der Waals surface area contributed by atoms with Gasteiger partial charge in [-0.05, 0) is 55.8 Å². The molecule has 2 aromatic carbocycles. The predicted molar refractivity (Wildman–Crippen MR) is 122 cm³/mol. The number of ketones is 1. The number of aromatic hydroxyl groups is 1. The van der Waals surface area contributed by atoms with E-state index in [1.54, 1.807) is 36.4 Å². The highest BCUT2D eigenvalue weighted by Gasteiger charge is 2.28. The first-order chi connectivity index (χ1) is 15.6. The average Bonchev–Trinajstić information content (AvgIpc) is 3.50. The molecule has 1 saturated heterocycles. The number of carbonyl (C=O) groups excluding carboxylic acids is 1. The largest absolute Gasteiger partial charge is 0.508 e. The minimum absolute atomic E-state index is 0.166. The van der Waals surface area contributed by atoms with Gasteiger partial charge >= 0.3 is 0 Å². The summed E-state index contributed by atoms with van der Waals surface area (Å²) in [5, 5.41) is 10.1. The number of nitrogens with zero attached hydrogens (tertiary/aromatic N) is 1. The first kappa shape index (κ1) is 21.8. The molecule has 1 aliphatic rings. The summed E-state index contributed by atoms with van der Waals surface area (Å²) in [6.45, 7) is 3.29. The highest BCUT2D eigenvalue weighted by atomic mass is 16.5. The molecule has 3 aromatic rings. The number of ether oxygens (including phenoxy) is 3. The van der Waals surface area contributed by atoms with Gasteiger partial charge in [0.25, 0.3) is 0 Å². The van der Waals surface area contributed by atoms with E-state index in [4.69, 9.17) is 18.6 Å². The van der Waals surface area contributed by atoms with Crippen LogP contribution >= 0.6 is 0 Å². The van der Waals surface area contributed by atoms with Gasteiger partial charge in [-0.2, -0.15) is 0 Å². The summed E-state index contributed by atoms with van der Waals surface area (Å²) in [5.74, 6) is 0.942. The van der Waals surface area contributed by atoms with Crippen molar-refractivity contribution in [2.45, 2.75) is 12.8 Å². The van der Waals surface area contributed by atoms with Gasteiger partial charge in [0.2, 0.25) is 5.75 Å². The molecule has 0 saturated carbocycles. The Labute approximate surface area is 186 Å². The molecule has 2 heterocycles. The third-order valence-electron chi connectivity index (χ3n) is 5.60. The Hall–Kier alpha value is -3.45. The highest BCUT2D eigenvalue weighted by Crippen LogP contribution is 2.46. The van der Waals surface area contributed by atoms with Gasteiger partial charge < -0.3 is 23.7 Å². The monoisotopic (exact) mass is 437 g/mol. The summed E-state index contributed by atoms with van der Waals surface area (Å²) in [5.41, 5.74) is 1.54. The van der Waals surface area contributed by atoms with Gasteiger partial charge in [-0.3, -0.25) is 9.69 Å². The van der Waals surface area contributed by atoms with Crippen LogP contribution in [0.25, 0.3) is 17.0 Å². The molecule has 168 valence electrons. The number of likely N-dealkylation sites (tertiary alicyclic amines) is 1. The Balaban J connectivity index is 1.71. The molecule has 7 heteroatoms. The lowest BCUT2D eigenvalue weighted by Gasteiger charge is -2.19. The zero-order valence-electron chi connectivity index (χ0n) is 18.3. The predicted octanol–water partition coefficient (Wildman–Crippen LogP) is 4.53. The second-order valence-electron chi connectivity index (χ2n) is 7.62. The zero-order valence-corrected chi connectivity index (χ0v) is 18.3. The van der Waals surface area contributed by atoms with Crippen molar-refractivity contribution < 1.29 is 28.5 Å². The van der Waals surface area contributed by atoms with Crippen molar-refractivity contribution in [3.8, 4) is 23.0 Å². The lowest BCUT2D eigenvalue weighted by atomic mass is 10.0. The zero-order chi connectivity index (χ0) is 22.5. The van der Waals surface area contributed by atoms with Crippen LogP contribution in [0.5, 0.6) is 23.0 Å². The van der Waals surface area contributed by atoms with Crippen molar-refractivity contribution in [1.82, 2.24) is 4.90 Å². The lowest BCUT2D eigenvalue weighted by Crippen LogP contribution is -2.25. The third-order valence-corrected chi connectivity index (χ3v) is 5.60. The van der Waals surface area contributed by atoms with E-state index < -0.39 is 0 Å². The van der Waals surface area contributed by atoms with Crippen LogP contribution in [0.3, 0.4) is 0 Å². The minimum atomic E-state index is -0.285. The Morgan fingerprint density at radius 2 is 1.78 bits per heavy atom. The molecular weight excluding hydrogens is 410 g/mol. The fourth-order valence-electron chi connectivity index (χ4n) is 4.00. The van der Waals surface area contributed by atoms with Crippen LogP contribution < -0.4 is 14.2 Å². The number of phenolic OH excluding ortho intramolecular Hbond substituents is 1. The number of allylic oxidation sites excluding steroid dienone is 1. The smallest absolute Gasteiger partial charge is 0.205 e. The maximum absolute atomic E-state index is 13.3. The molecule has 7 nitrogen and oxygen atoms in total. The van der Waals surface area contributed by atoms with E-state index in [1.165, 1.54) is 39.4 Å². The first-order valence-corrected chi connectivity index (χ1v) is 10.6. The Morgan fingerprint density at radius 1 is 1.06 bits per heavy atom. The maximum atomic E-state index is 13.3. The summed E-state index contributed by atoms with van der Waals surface area (Å²) in [4.78, 5) is 15.7. The molecule has 0 atom stereocenters. The molecule has 0 bridgehead atoms. The van der Waals surface area contributed by atoms with E-state index >= 15 is 0 Å². The number of fused-ring (bicyclic) bond motifs is 1. The maximum Gasteiger partial charge on any atom is 0.205 e. The number of methoxy groups -OCH3 is 2. The van der Waals surface area contributed by atoms with Crippen molar-refractivity contribution in [3.05, 3.63) is 53.8 Å². The molecule has 0 amide bonds. The van der Waals surface area contributed by atoms with Gasteiger partial charge in [0, 0.05) is 6.54 Å². The molecule has 1 aromatic heterocycles. The Morgan fingerprint density at radius 3 is 2.47 bits per heavy atom. The molecule has 32 heavy (non-hydrogen) atoms. The number of benzene rings is 2. The van der Waals surface area contributed by atoms with Crippen LogP contribution in [0.4, 0.5) is 0 Å². The van der Waals surface area contributed by atoms with E-state index in [-0.39, 0.29) is 17.1 Å². The number of rotatable bonds is 9. The summed E-state index contributed by atoms with van der Waals surface area (Å²) >= 11 is 0. The van der Waals surface area contributed by atoms with Crippen molar-refractivity contribution in [3.63, 3.8) is 0 Å². The topological polar surface area (TPSA) is 81.4 Å². The van der Waals surface area contributed by atoms with Crippen molar-refractivity contribution in [2.24, 2.45) is 0 Å². The number of phenols is 1. The van der Waals surface area contributed by atoms with Crippen LogP contribution in [-0.2, 0) is 0 Å². The fourth-order valence-corrected chi connectivity index (χ4v) is 4.00. The standard InChI is InChI=1S/C25H27NO6/c1-29-22-19-11-15-31-23(19)25(30-2)24(32-16-14-26-12-3-4-13-26)21(22)20(28)10-7-17-5-8-18(27)9-6-17/h5-11,15,27H,3-4,12-14,16H2,1-2H3/b10-7+. The number of carbonyl (C=O) groups is 1. The van der Waals surface area contributed by atoms with E-state index in [2.05, 4.69) is 4.90 Å². The second-order valence-corrected chi connectivity index (χ2v) is 7.62. The quantitative estimate of drug-likeness (QED) is 0.389. The normalized spacial score (nSPS) is 14.3. The molecule has 1 fully saturated rings. The highest BCUT2D eigenvalue weighted by molar-refractivity contribution is 6.15. The van der Waals surface area contributed by atoms with Crippen LogP contribution in [0, 0.1) is 0 Å². The van der Waals surface area contributed by atoms with Gasteiger partial charge in [0.05, 0.1) is 25.9 Å². The molecule has 0 spiro atoms. The van der Waals surface area contributed by atoms with Gasteiger partial charge in [0.15, 0.2) is 17.1 Å². The molecular formula is C25H27NO6. The van der Waals surface area contributed by atoms with Gasteiger partial charge in [-0.1, -0.05) is 18.2 Å². The van der Waals surface area contributed by atoms with Gasteiger partial charge in [0.1, 0.15) is 23.7 Å². The van der Waals surface area contributed by atoms with Gasteiger partial charge in [-0.15, -0.1) is 0 Å². The van der Waals surface area contributed by atoms with Gasteiger partial charge in [-0.25, -0.2) is 0 Å². The molecule has 0 aliphatic carbocycles. The molecule has 0 radical (unpaired) electrons. The Bertz CT molecular complexity index is 1110. The minimum Gasteiger partial charge on any atom is -0.508 e. The van der Waals surface area contributed by atoms with E-state index in [1.807, 2.05) is 0 Å². The van der Waals surface area contributed by atoms with E-state index in [0.717, 1.165) is 25.2 Å². The summed E-state index contributed by atoms with van der Waals surface area (Å²) in [7, 11) is 3.04. The molecule has 0 unspecified atom stereocenters. The van der Waals surface area contributed by atoms with E-state index in [9.17, 15) is 9.90 Å². The van der Waals surface area contributed by atoms with Crippen molar-refractivity contribution in [1.29, 1.82) is 0 Å². The fraction of sp³-hybridized carbons (Fsp3) is 0.320. The van der Waals surface area contributed by atoms with E-state index in [0.29, 0.717) is 34.8 Å². The summed E-state index contributed by atoms with van der Waals surface area (Å²) in [6, 6.07) is 8.33. The van der Waals surface area contributed by atoms with Crippen LogP contribution in [0.15, 0.2) is 47.1 Å². The lowest BCUT2D eigenvalue weighted by molar-refractivity contribution is 0.103. The molecule has 4 rings (SSSR count). The summed E-state index contributed by atoms with van der Waals surface area (Å²) in [6.07, 6.45) is 7.07. The number of hydrogen-bond acceptors (Lipinski definition) is 7. The van der Waals surface area contributed by atoms with Crippen molar-refractivity contribution in [2.75, 3.05) is 40.5 Å². The van der Waals surface area contributed by atoms with Crippen LogP contribution in [0.1, 0.15) is 28.8 Å². The number of furan rings is 1. The Kier molecular flexibility index (Phi) is 6.66. The van der Waals surface area contributed by atoms with Crippen LogP contribution in [-0.4, -0.2) is 56.3 Å². The molecule has 1 aliphatic heterocycles. The van der Waals surface area contributed by atoms with Crippen LogP contribution in [0.2, 0.25) is 0 Å². The second kappa shape index (κ2) is 9.78. The SMILES string of the molecule is COc1c(C(=O)/C=C/c2ccc(O)cc2)c(OCCN2CCCC2)c(OC)c2occc12. The average molecular weight is 437 g/mol. The first-order valence-electron chi connectivity index (χ1n) is 10.6. The van der Waals surface area contributed by atoms with Crippen molar-refractivity contribution >= 4 is 22.8 Å².